The van der Waals surface area contributed by atoms with Crippen molar-refractivity contribution in [2.75, 3.05) is 13.1 Å². The molecular weight excluding hydrogens is 438 g/mol. The third-order valence-corrected chi connectivity index (χ3v) is 6.64. The van der Waals surface area contributed by atoms with Gasteiger partial charge in [-0.25, -0.2) is 4.98 Å². The smallest absolute Gasteiger partial charge is 0.182 e. The van der Waals surface area contributed by atoms with Crippen molar-refractivity contribution in [2.45, 2.75) is 52.3 Å². The molecule has 0 saturated carbocycles. The van der Waals surface area contributed by atoms with Crippen LogP contribution in [0.25, 0.3) is 16.8 Å². The molecule has 0 bridgehead atoms. The minimum absolute atomic E-state index is 0.0388. The summed E-state index contributed by atoms with van der Waals surface area (Å²) in [5.74, 6) is 0.491. The van der Waals surface area contributed by atoms with Gasteiger partial charge in [-0.05, 0) is 42.0 Å². The van der Waals surface area contributed by atoms with Gasteiger partial charge in [0.05, 0.1) is 12.3 Å². The molecule has 7 heteroatoms. The quantitative estimate of drug-likeness (QED) is 0.370. The van der Waals surface area contributed by atoms with Gasteiger partial charge in [0.2, 0.25) is 0 Å². The number of rotatable bonds is 9. The third-order valence-electron chi connectivity index (χ3n) is 6.64. The number of benzene rings is 1. The molecule has 4 heterocycles. The van der Waals surface area contributed by atoms with Crippen LogP contribution in [0.5, 0.6) is 0 Å². The average molecular weight is 472 g/mol. The largest absolute Gasteiger partial charge is 0.392 e. The lowest BCUT2D eigenvalue weighted by atomic mass is 9.99. The van der Waals surface area contributed by atoms with Crippen molar-refractivity contribution in [3.63, 3.8) is 0 Å². The summed E-state index contributed by atoms with van der Waals surface area (Å²) in [4.78, 5) is 19.6. The van der Waals surface area contributed by atoms with E-state index in [1.807, 2.05) is 39.8 Å². The summed E-state index contributed by atoms with van der Waals surface area (Å²) in [7, 11) is 0. The topological polar surface area (TPSA) is 75.7 Å². The Morgan fingerprint density at radius 1 is 1.03 bits per heavy atom. The second-order valence-corrected chi connectivity index (χ2v) is 10.0. The summed E-state index contributed by atoms with van der Waals surface area (Å²) in [6, 6.07) is 12.4. The zero-order valence-corrected chi connectivity index (χ0v) is 20.5. The summed E-state index contributed by atoms with van der Waals surface area (Å²) >= 11 is 0. The van der Waals surface area contributed by atoms with Gasteiger partial charge in [0.15, 0.2) is 5.78 Å². The van der Waals surface area contributed by atoms with Crippen molar-refractivity contribution in [1.29, 1.82) is 0 Å². The molecule has 0 aliphatic carbocycles. The molecule has 0 radical (unpaired) electrons. The van der Waals surface area contributed by atoms with Crippen LogP contribution in [0.1, 0.15) is 48.3 Å². The SMILES string of the molecule is CC(C)Cn1cc(-c2ccc3nc(C(=O)CC[C@@H](O)CN4CCc5ccccc5C4)cn3c2)cn1. The third kappa shape index (κ3) is 5.52. The number of hydrogen-bond acceptors (Lipinski definition) is 5. The summed E-state index contributed by atoms with van der Waals surface area (Å²) in [6.07, 6.45) is 8.88. The van der Waals surface area contributed by atoms with E-state index in [1.165, 1.54) is 11.1 Å². The lowest BCUT2D eigenvalue weighted by Crippen LogP contribution is -2.36. The number of carbonyl (C=O) groups excluding carboxylic acids is 1. The molecule has 3 aromatic heterocycles. The van der Waals surface area contributed by atoms with E-state index in [9.17, 15) is 9.90 Å². The van der Waals surface area contributed by atoms with Gasteiger partial charge in [0.1, 0.15) is 11.3 Å². The van der Waals surface area contributed by atoms with Crippen molar-refractivity contribution >= 4 is 11.4 Å². The molecule has 0 saturated heterocycles. The molecule has 1 aliphatic heterocycles. The van der Waals surface area contributed by atoms with Gasteiger partial charge >= 0.3 is 0 Å². The molecule has 1 aliphatic rings. The van der Waals surface area contributed by atoms with Crippen molar-refractivity contribution in [1.82, 2.24) is 24.1 Å². The number of ketones is 1. The van der Waals surface area contributed by atoms with Crippen molar-refractivity contribution in [2.24, 2.45) is 5.92 Å². The number of hydrogen-bond donors (Lipinski definition) is 1. The van der Waals surface area contributed by atoms with Crippen LogP contribution in [0.3, 0.4) is 0 Å². The summed E-state index contributed by atoms with van der Waals surface area (Å²) in [5.41, 5.74) is 5.97. The number of pyridine rings is 1. The number of aromatic nitrogens is 4. The molecular formula is C28H33N5O2. The molecule has 7 nitrogen and oxygen atoms in total. The summed E-state index contributed by atoms with van der Waals surface area (Å²) < 4.78 is 3.85. The molecule has 0 fully saturated rings. The Balaban J connectivity index is 1.18. The second-order valence-electron chi connectivity index (χ2n) is 10.0. The van der Waals surface area contributed by atoms with Crippen LogP contribution in [0.2, 0.25) is 0 Å². The van der Waals surface area contributed by atoms with Crippen LogP contribution in [-0.2, 0) is 19.5 Å². The number of nitrogens with zero attached hydrogens (tertiary/aromatic N) is 5. The van der Waals surface area contributed by atoms with Crippen molar-refractivity contribution in [3.05, 3.63) is 78.0 Å². The minimum atomic E-state index is -0.532. The summed E-state index contributed by atoms with van der Waals surface area (Å²) in [5, 5.41) is 15.0. The summed E-state index contributed by atoms with van der Waals surface area (Å²) in [6.45, 7) is 7.59. The highest BCUT2D eigenvalue weighted by Gasteiger charge is 2.20. The molecule has 182 valence electrons. The Hall–Kier alpha value is -3.29. The van der Waals surface area contributed by atoms with Crippen molar-refractivity contribution < 1.29 is 9.90 Å². The maximum Gasteiger partial charge on any atom is 0.182 e. The molecule has 1 N–H and O–H groups in total. The van der Waals surface area contributed by atoms with E-state index in [1.54, 1.807) is 6.20 Å². The minimum Gasteiger partial charge on any atom is -0.392 e. The first-order valence-electron chi connectivity index (χ1n) is 12.5. The van der Waals surface area contributed by atoms with Gasteiger partial charge < -0.3 is 9.51 Å². The fraction of sp³-hybridized carbons (Fsp3) is 0.393. The predicted molar refractivity (Wildman–Crippen MR) is 136 cm³/mol. The molecule has 5 rings (SSSR count). The number of Topliss-reactive ketones (excluding diaryl/α,β-unsaturated/α-hetero) is 1. The Morgan fingerprint density at radius 2 is 1.86 bits per heavy atom. The lowest BCUT2D eigenvalue weighted by Gasteiger charge is -2.30. The van der Waals surface area contributed by atoms with Crippen LogP contribution in [0.4, 0.5) is 0 Å². The number of carbonyl (C=O) groups is 1. The maximum absolute atomic E-state index is 12.8. The van der Waals surface area contributed by atoms with E-state index < -0.39 is 6.10 Å². The van der Waals surface area contributed by atoms with Gasteiger partial charge in [-0.15, -0.1) is 0 Å². The standard InChI is InChI=1S/C28H33N5O2/c1-20(2)14-33-17-24(13-29-33)23-7-10-28-30-26(19-32(28)16-23)27(35)9-8-25(34)18-31-12-11-21-5-3-4-6-22(21)15-31/h3-7,10,13,16-17,19-20,25,34H,8-9,11-12,14-15,18H2,1-2H3/t25-/m1/s1. The Bertz CT molecular complexity index is 1320. The number of aliphatic hydroxyl groups excluding tert-OH is 1. The number of imidazole rings is 1. The zero-order chi connectivity index (χ0) is 24.4. The Kier molecular flexibility index (Phi) is 6.79. The lowest BCUT2D eigenvalue weighted by molar-refractivity contribution is 0.0834. The van der Waals surface area contributed by atoms with Gasteiger partial charge in [0.25, 0.3) is 0 Å². The maximum atomic E-state index is 12.8. The first kappa shape index (κ1) is 23.5. The first-order valence-corrected chi connectivity index (χ1v) is 12.5. The van der Waals surface area contributed by atoms with E-state index in [0.717, 1.165) is 42.8 Å². The molecule has 0 amide bonds. The van der Waals surface area contributed by atoms with Gasteiger partial charge in [-0.2, -0.15) is 5.10 Å². The molecule has 1 atom stereocenters. The number of aliphatic hydroxyl groups is 1. The Morgan fingerprint density at radius 3 is 2.69 bits per heavy atom. The molecule has 0 unspecified atom stereocenters. The zero-order valence-electron chi connectivity index (χ0n) is 20.5. The fourth-order valence-corrected chi connectivity index (χ4v) is 4.81. The van der Waals surface area contributed by atoms with Crippen LogP contribution in [0.15, 0.2) is 61.2 Å². The first-order chi connectivity index (χ1) is 16.9. The number of β-amino-alcohol motifs (C(OH)–C–C–N with tert-alkyl or cyclic N) is 1. The van der Waals surface area contributed by atoms with Crippen molar-refractivity contribution in [3.8, 4) is 11.1 Å². The van der Waals surface area contributed by atoms with Crippen LogP contribution in [-0.4, -0.2) is 54.1 Å². The van der Waals surface area contributed by atoms with E-state index in [-0.39, 0.29) is 12.2 Å². The second kappa shape index (κ2) is 10.1. The highest BCUT2D eigenvalue weighted by molar-refractivity contribution is 5.94. The normalized spacial score (nSPS) is 15.0. The van der Waals surface area contributed by atoms with Gasteiger partial charge in [-0.1, -0.05) is 38.1 Å². The van der Waals surface area contributed by atoms with Crippen LogP contribution in [0, 0.1) is 5.92 Å². The predicted octanol–water partition coefficient (Wildman–Crippen LogP) is 4.24. The van der Waals surface area contributed by atoms with E-state index in [4.69, 9.17) is 0 Å². The van der Waals surface area contributed by atoms with Gasteiger partial charge in [0, 0.05) is 62.3 Å². The monoisotopic (exact) mass is 471 g/mol. The molecule has 4 aromatic rings. The number of fused-ring (bicyclic) bond motifs is 2. The highest BCUT2D eigenvalue weighted by Crippen LogP contribution is 2.22. The highest BCUT2D eigenvalue weighted by atomic mass is 16.3. The van der Waals surface area contributed by atoms with Gasteiger partial charge in [-0.3, -0.25) is 14.4 Å². The fourth-order valence-electron chi connectivity index (χ4n) is 4.81. The molecule has 0 spiro atoms. The van der Waals surface area contributed by atoms with E-state index in [2.05, 4.69) is 53.1 Å². The van der Waals surface area contributed by atoms with Crippen LogP contribution >= 0.6 is 0 Å². The van der Waals surface area contributed by atoms with E-state index in [0.29, 0.717) is 24.6 Å². The van der Waals surface area contributed by atoms with E-state index >= 15 is 0 Å². The average Bonchev–Trinajstić information content (AvgIpc) is 3.48. The molecule has 1 aromatic carbocycles. The van der Waals surface area contributed by atoms with Crippen LogP contribution < -0.4 is 0 Å². The Labute approximate surface area is 206 Å². The molecule has 35 heavy (non-hydrogen) atoms.